The first kappa shape index (κ1) is 15.8. The topological polar surface area (TPSA) is 73.6 Å². The van der Waals surface area contributed by atoms with E-state index in [1.807, 2.05) is 24.3 Å². The Hall–Kier alpha value is -1.59. The van der Waals surface area contributed by atoms with Crippen LogP contribution in [0, 0.1) is 0 Å². The predicted molar refractivity (Wildman–Crippen MR) is 81.0 cm³/mol. The Bertz CT molecular complexity index is 470. The molecule has 1 fully saturated rings. The van der Waals surface area contributed by atoms with Crippen molar-refractivity contribution in [1.29, 1.82) is 0 Å². The summed E-state index contributed by atoms with van der Waals surface area (Å²) < 4.78 is 10.5. The maximum absolute atomic E-state index is 12.2. The summed E-state index contributed by atoms with van der Waals surface area (Å²) in [6, 6.07) is 7.69. The van der Waals surface area contributed by atoms with Crippen molar-refractivity contribution in [3.8, 4) is 5.75 Å². The minimum atomic E-state index is -0.674. The molecule has 5 heteroatoms. The second kappa shape index (κ2) is 7.43. The number of hydrogen-bond acceptors (Lipinski definition) is 4. The van der Waals surface area contributed by atoms with Gasteiger partial charge in [0, 0.05) is 13.7 Å². The van der Waals surface area contributed by atoms with Crippen molar-refractivity contribution in [2.24, 2.45) is 5.73 Å². The number of rotatable bonds is 7. The third-order valence-corrected chi connectivity index (χ3v) is 3.86. The van der Waals surface area contributed by atoms with E-state index in [-0.39, 0.29) is 5.91 Å². The third kappa shape index (κ3) is 4.44. The van der Waals surface area contributed by atoms with Gasteiger partial charge in [-0.2, -0.15) is 0 Å². The van der Waals surface area contributed by atoms with Gasteiger partial charge in [0.15, 0.2) is 0 Å². The Morgan fingerprint density at radius 1 is 1.33 bits per heavy atom. The van der Waals surface area contributed by atoms with E-state index in [1.165, 1.54) is 0 Å². The average molecular weight is 292 g/mol. The number of amides is 1. The second-order valence-corrected chi connectivity index (χ2v) is 5.53. The van der Waals surface area contributed by atoms with Gasteiger partial charge in [-0.15, -0.1) is 0 Å². The molecule has 3 N–H and O–H groups in total. The van der Waals surface area contributed by atoms with Crippen molar-refractivity contribution >= 4 is 5.91 Å². The smallest absolute Gasteiger partial charge is 0.240 e. The van der Waals surface area contributed by atoms with Crippen molar-refractivity contribution in [3.05, 3.63) is 29.8 Å². The van der Waals surface area contributed by atoms with Gasteiger partial charge in [-0.1, -0.05) is 25.0 Å². The number of ether oxygens (including phenoxy) is 2. The van der Waals surface area contributed by atoms with Gasteiger partial charge in [0.2, 0.25) is 5.91 Å². The molecule has 1 saturated carbocycles. The zero-order chi connectivity index (χ0) is 15.1. The molecule has 2 rings (SSSR count). The van der Waals surface area contributed by atoms with Gasteiger partial charge in [-0.05, 0) is 30.5 Å². The minimum Gasteiger partial charge on any atom is -0.491 e. The summed E-state index contributed by atoms with van der Waals surface area (Å²) in [7, 11) is 1.64. The van der Waals surface area contributed by atoms with E-state index in [0.717, 1.165) is 37.0 Å². The molecule has 0 spiro atoms. The van der Waals surface area contributed by atoms with Crippen LogP contribution in [0.1, 0.15) is 31.2 Å². The summed E-state index contributed by atoms with van der Waals surface area (Å²) in [5.41, 5.74) is 6.45. The van der Waals surface area contributed by atoms with Gasteiger partial charge >= 0.3 is 0 Å². The van der Waals surface area contributed by atoms with Crippen LogP contribution in [0.5, 0.6) is 5.75 Å². The van der Waals surface area contributed by atoms with Gasteiger partial charge in [0.1, 0.15) is 12.4 Å². The molecular weight excluding hydrogens is 268 g/mol. The molecule has 0 radical (unpaired) electrons. The van der Waals surface area contributed by atoms with E-state index in [1.54, 1.807) is 7.11 Å². The van der Waals surface area contributed by atoms with Crippen molar-refractivity contribution in [2.75, 3.05) is 20.3 Å². The van der Waals surface area contributed by atoms with E-state index in [2.05, 4.69) is 5.32 Å². The number of carbonyl (C=O) groups is 1. The molecule has 0 bridgehead atoms. The van der Waals surface area contributed by atoms with Crippen LogP contribution in [-0.4, -0.2) is 31.8 Å². The highest BCUT2D eigenvalue weighted by Gasteiger charge is 2.36. The zero-order valence-corrected chi connectivity index (χ0v) is 12.6. The van der Waals surface area contributed by atoms with Crippen molar-refractivity contribution < 1.29 is 14.3 Å². The highest BCUT2D eigenvalue weighted by atomic mass is 16.5. The number of carbonyl (C=O) groups excluding carboxylic acids is 1. The maximum Gasteiger partial charge on any atom is 0.240 e. The van der Waals surface area contributed by atoms with Crippen LogP contribution in [0.3, 0.4) is 0 Å². The molecule has 1 aliphatic rings. The lowest BCUT2D eigenvalue weighted by Gasteiger charge is -2.22. The van der Waals surface area contributed by atoms with E-state index in [0.29, 0.717) is 19.8 Å². The van der Waals surface area contributed by atoms with Crippen LogP contribution in [0.15, 0.2) is 24.3 Å². The van der Waals surface area contributed by atoms with E-state index in [4.69, 9.17) is 15.2 Å². The SMILES string of the molecule is COCCOc1cccc(CNC(=O)C2(N)CCCC2)c1. The van der Waals surface area contributed by atoms with E-state index in [9.17, 15) is 4.79 Å². The fourth-order valence-electron chi connectivity index (χ4n) is 2.58. The molecular formula is C16H24N2O3. The van der Waals surface area contributed by atoms with Crippen molar-refractivity contribution in [2.45, 2.75) is 37.8 Å². The molecule has 0 aromatic heterocycles. The molecule has 0 unspecified atom stereocenters. The maximum atomic E-state index is 12.2. The second-order valence-electron chi connectivity index (χ2n) is 5.53. The van der Waals surface area contributed by atoms with Crippen LogP contribution in [0.4, 0.5) is 0 Å². The first-order chi connectivity index (χ1) is 10.1. The Morgan fingerprint density at radius 3 is 2.81 bits per heavy atom. The van der Waals surface area contributed by atoms with Crippen molar-refractivity contribution in [1.82, 2.24) is 5.32 Å². The summed E-state index contributed by atoms with van der Waals surface area (Å²) in [5.74, 6) is 0.729. The molecule has 1 amide bonds. The Kier molecular flexibility index (Phi) is 5.59. The molecule has 5 nitrogen and oxygen atoms in total. The minimum absolute atomic E-state index is 0.0503. The van der Waals surface area contributed by atoms with Gasteiger partial charge in [-0.3, -0.25) is 4.79 Å². The Labute approximate surface area is 125 Å². The molecule has 1 aliphatic carbocycles. The molecule has 116 valence electrons. The van der Waals surface area contributed by atoms with Crippen LogP contribution in [0.25, 0.3) is 0 Å². The number of hydrogen-bond donors (Lipinski definition) is 2. The normalized spacial score (nSPS) is 16.7. The van der Waals surface area contributed by atoms with E-state index >= 15 is 0 Å². The molecule has 0 aliphatic heterocycles. The quantitative estimate of drug-likeness (QED) is 0.749. The van der Waals surface area contributed by atoms with Gasteiger partial charge in [0.25, 0.3) is 0 Å². The number of benzene rings is 1. The number of methoxy groups -OCH3 is 1. The highest BCUT2D eigenvalue weighted by molar-refractivity contribution is 5.86. The molecule has 0 atom stereocenters. The zero-order valence-electron chi connectivity index (χ0n) is 12.6. The first-order valence-electron chi connectivity index (χ1n) is 7.42. The summed E-state index contributed by atoms with van der Waals surface area (Å²) in [5, 5.41) is 2.93. The van der Waals surface area contributed by atoms with Crippen LogP contribution in [-0.2, 0) is 16.1 Å². The van der Waals surface area contributed by atoms with Gasteiger partial charge < -0.3 is 20.5 Å². The third-order valence-electron chi connectivity index (χ3n) is 3.86. The lowest BCUT2D eigenvalue weighted by atomic mass is 9.98. The van der Waals surface area contributed by atoms with Crippen LogP contribution >= 0.6 is 0 Å². The number of nitrogens with two attached hydrogens (primary N) is 1. The number of nitrogens with one attached hydrogen (secondary N) is 1. The Morgan fingerprint density at radius 2 is 2.10 bits per heavy atom. The summed E-state index contributed by atoms with van der Waals surface area (Å²) >= 11 is 0. The molecule has 1 aromatic rings. The molecule has 1 aromatic carbocycles. The summed E-state index contributed by atoms with van der Waals surface area (Å²) in [6.45, 7) is 1.54. The highest BCUT2D eigenvalue weighted by Crippen LogP contribution is 2.27. The fraction of sp³-hybridized carbons (Fsp3) is 0.562. The largest absolute Gasteiger partial charge is 0.491 e. The van der Waals surface area contributed by atoms with Gasteiger partial charge in [0.05, 0.1) is 12.1 Å². The summed E-state index contributed by atoms with van der Waals surface area (Å²) in [6.07, 6.45) is 3.62. The van der Waals surface area contributed by atoms with Crippen LogP contribution in [0.2, 0.25) is 0 Å². The van der Waals surface area contributed by atoms with Gasteiger partial charge in [-0.25, -0.2) is 0 Å². The standard InChI is InChI=1S/C16H24N2O3/c1-20-9-10-21-14-6-4-5-13(11-14)12-18-15(19)16(17)7-2-3-8-16/h4-6,11H,2-3,7-10,12,17H2,1H3,(H,18,19). The average Bonchev–Trinajstić information content (AvgIpc) is 2.94. The first-order valence-corrected chi connectivity index (χ1v) is 7.42. The van der Waals surface area contributed by atoms with Crippen LogP contribution < -0.4 is 15.8 Å². The Balaban J connectivity index is 1.85. The molecule has 0 saturated heterocycles. The predicted octanol–water partition coefficient (Wildman–Crippen LogP) is 1.60. The molecule has 21 heavy (non-hydrogen) atoms. The van der Waals surface area contributed by atoms with E-state index < -0.39 is 5.54 Å². The lowest BCUT2D eigenvalue weighted by molar-refractivity contribution is -0.126. The fourth-order valence-corrected chi connectivity index (χ4v) is 2.58. The molecule has 0 heterocycles. The summed E-state index contributed by atoms with van der Waals surface area (Å²) in [4.78, 5) is 12.2. The van der Waals surface area contributed by atoms with Crippen molar-refractivity contribution in [3.63, 3.8) is 0 Å². The monoisotopic (exact) mass is 292 g/mol. The lowest BCUT2D eigenvalue weighted by Crippen LogP contribution is -2.51.